The second-order valence-corrected chi connectivity index (χ2v) is 6.91. The number of anilines is 1. The molecule has 0 atom stereocenters. The van der Waals surface area contributed by atoms with E-state index >= 15 is 0 Å². The first-order chi connectivity index (χ1) is 15.5. The molecule has 1 aliphatic rings. The number of rotatable bonds is 6. The largest absolute Gasteiger partial charge is 0.471 e. The fraction of sp³-hybridized carbons (Fsp3) is 0.217. The van der Waals surface area contributed by atoms with Crippen molar-refractivity contribution in [3.8, 4) is 22.9 Å². The SMILES string of the molecule is COC=O.NC(=O)c1cc(N2CCCC2)nc(-c2ccc(Oc3ccc(F)cc3)cc2)n1. The van der Waals surface area contributed by atoms with E-state index in [1.807, 2.05) is 12.1 Å². The Morgan fingerprint density at radius 1 is 1.03 bits per heavy atom. The van der Waals surface area contributed by atoms with E-state index < -0.39 is 5.91 Å². The summed E-state index contributed by atoms with van der Waals surface area (Å²) in [5.74, 6) is 1.39. The summed E-state index contributed by atoms with van der Waals surface area (Å²) in [6.45, 7) is 2.18. The molecule has 0 saturated carbocycles. The molecule has 0 radical (unpaired) electrons. The van der Waals surface area contributed by atoms with Gasteiger partial charge in [0.2, 0.25) is 0 Å². The standard InChI is InChI=1S/C21H19FN4O2.C2H4O2/c22-15-5-9-17(10-6-15)28-16-7-3-14(4-8-16)21-24-18(20(23)27)13-19(25-21)26-11-1-2-12-26;1-4-2-3/h3-10,13H,1-2,11-12H2,(H2,23,27);2H,1H3. The molecule has 1 fully saturated rings. The molecule has 2 heterocycles. The Labute approximate surface area is 184 Å². The molecule has 1 amide bonds. The summed E-state index contributed by atoms with van der Waals surface area (Å²) in [6.07, 6.45) is 2.20. The number of nitrogens with two attached hydrogens (primary N) is 1. The molecule has 2 aromatic carbocycles. The molecule has 0 spiro atoms. The van der Waals surface area contributed by atoms with Crippen LogP contribution in [-0.4, -0.2) is 42.5 Å². The smallest absolute Gasteiger partial charge is 0.292 e. The van der Waals surface area contributed by atoms with E-state index in [1.54, 1.807) is 30.3 Å². The van der Waals surface area contributed by atoms with E-state index in [1.165, 1.54) is 19.2 Å². The molecular formula is C23H23FN4O4. The average Bonchev–Trinajstić information content (AvgIpc) is 3.36. The number of methoxy groups -OCH3 is 1. The van der Waals surface area contributed by atoms with Gasteiger partial charge in [-0.05, 0) is 61.4 Å². The van der Waals surface area contributed by atoms with Gasteiger partial charge in [-0.15, -0.1) is 0 Å². The number of carbonyl (C=O) groups excluding carboxylic acids is 2. The zero-order valence-corrected chi connectivity index (χ0v) is 17.5. The van der Waals surface area contributed by atoms with Crippen LogP contribution in [-0.2, 0) is 9.53 Å². The maximum Gasteiger partial charge on any atom is 0.292 e. The van der Waals surface area contributed by atoms with Crippen molar-refractivity contribution in [2.24, 2.45) is 5.73 Å². The number of hydrogen-bond acceptors (Lipinski definition) is 7. The highest BCUT2D eigenvalue weighted by Gasteiger charge is 2.18. The third kappa shape index (κ3) is 6.00. The number of benzene rings is 2. The third-order valence-corrected chi connectivity index (χ3v) is 4.65. The Kier molecular flexibility index (Phi) is 7.69. The summed E-state index contributed by atoms with van der Waals surface area (Å²) in [4.78, 5) is 31.7. The number of aromatic nitrogens is 2. The normalized spacial score (nSPS) is 12.5. The van der Waals surface area contributed by atoms with Gasteiger partial charge in [0.05, 0.1) is 7.11 Å². The van der Waals surface area contributed by atoms with E-state index in [0.717, 1.165) is 31.5 Å². The Morgan fingerprint density at radius 2 is 1.59 bits per heavy atom. The Hall–Kier alpha value is -4.01. The van der Waals surface area contributed by atoms with Gasteiger partial charge >= 0.3 is 0 Å². The second-order valence-electron chi connectivity index (χ2n) is 6.91. The number of primary amides is 1. The quantitative estimate of drug-likeness (QED) is 0.586. The molecule has 1 aromatic heterocycles. The lowest BCUT2D eigenvalue weighted by Crippen LogP contribution is -2.22. The van der Waals surface area contributed by atoms with E-state index in [-0.39, 0.29) is 11.5 Å². The molecule has 0 aliphatic carbocycles. The van der Waals surface area contributed by atoms with Crippen LogP contribution in [0.5, 0.6) is 11.5 Å². The van der Waals surface area contributed by atoms with Crippen molar-refractivity contribution < 1.29 is 23.5 Å². The summed E-state index contributed by atoms with van der Waals surface area (Å²) >= 11 is 0. The first-order valence-corrected chi connectivity index (χ1v) is 9.94. The number of carbonyl (C=O) groups is 2. The van der Waals surface area contributed by atoms with Crippen LogP contribution < -0.4 is 15.4 Å². The van der Waals surface area contributed by atoms with Gasteiger partial charge in [0.15, 0.2) is 5.82 Å². The van der Waals surface area contributed by atoms with Gasteiger partial charge in [-0.3, -0.25) is 9.59 Å². The van der Waals surface area contributed by atoms with Gasteiger partial charge in [0.1, 0.15) is 28.8 Å². The molecule has 166 valence electrons. The minimum absolute atomic E-state index is 0.193. The van der Waals surface area contributed by atoms with Crippen LogP contribution in [0.3, 0.4) is 0 Å². The predicted octanol–water partition coefficient (Wildman–Crippen LogP) is 3.56. The molecular weight excluding hydrogens is 415 g/mol. The number of ether oxygens (including phenoxy) is 2. The molecule has 8 nitrogen and oxygen atoms in total. The Morgan fingerprint density at radius 3 is 2.12 bits per heavy atom. The van der Waals surface area contributed by atoms with E-state index in [2.05, 4.69) is 19.6 Å². The lowest BCUT2D eigenvalue weighted by atomic mass is 10.2. The molecule has 1 aliphatic heterocycles. The van der Waals surface area contributed by atoms with Crippen molar-refractivity contribution in [2.75, 3.05) is 25.1 Å². The van der Waals surface area contributed by atoms with Crippen LogP contribution in [0.2, 0.25) is 0 Å². The summed E-state index contributed by atoms with van der Waals surface area (Å²) in [5.41, 5.74) is 6.39. The van der Waals surface area contributed by atoms with E-state index in [0.29, 0.717) is 29.6 Å². The van der Waals surface area contributed by atoms with Crippen molar-refractivity contribution in [2.45, 2.75) is 12.8 Å². The summed E-state index contributed by atoms with van der Waals surface area (Å²) in [7, 11) is 1.31. The van der Waals surface area contributed by atoms with Crippen molar-refractivity contribution in [1.82, 2.24) is 9.97 Å². The highest BCUT2D eigenvalue weighted by Crippen LogP contribution is 2.27. The second kappa shape index (κ2) is 10.9. The number of amides is 1. The van der Waals surface area contributed by atoms with E-state index in [9.17, 15) is 9.18 Å². The lowest BCUT2D eigenvalue weighted by molar-refractivity contribution is -0.126. The molecule has 32 heavy (non-hydrogen) atoms. The monoisotopic (exact) mass is 438 g/mol. The molecule has 9 heteroatoms. The summed E-state index contributed by atoms with van der Waals surface area (Å²) in [5, 5.41) is 0. The lowest BCUT2D eigenvalue weighted by Gasteiger charge is -2.17. The fourth-order valence-corrected chi connectivity index (χ4v) is 3.11. The summed E-state index contributed by atoms with van der Waals surface area (Å²) < 4.78 is 22.6. The van der Waals surface area contributed by atoms with Gasteiger partial charge in [-0.25, -0.2) is 14.4 Å². The first kappa shape index (κ1) is 22.7. The molecule has 0 bridgehead atoms. The summed E-state index contributed by atoms with van der Waals surface area (Å²) in [6, 6.07) is 14.6. The average molecular weight is 438 g/mol. The van der Waals surface area contributed by atoms with Crippen LogP contribution >= 0.6 is 0 Å². The van der Waals surface area contributed by atoms with Gasteiger partial charge < -0.3 is 20.1 Å². The Bertz CT molecular complexity index is 1050. The number of hydrogen-bond donors (Lipinski definition) is 1. The van der Waals surface area contributed by atoms with Crippen LogP contribution in [0.4, 0.5) is 10.2 Å². The van der Waals surface area contributed by atoms with Gasteiger partial charge in [0.25, 0.3) is 12.4 Å². The number of halogens is 1. The van der Waals surface area contributed by atoms with E-state index in [4.69, 9.17) is 15.3 Å². The minimum atomic E-state index is -0.583. The topological polar surface area (TPSA) is 108 Å². The van der Waals surface area contributed by atoms with Crippen LogP contribution in [0, 0.1) is 5.82 Å². The van der Waals surface area contributed by atoms with Crippen molar-refractivity contribution in [3.63, 3.8) is 0 Å². The molecule has 4 rings (SSSR count). The predicted molar refractivity (Wildman–Crippen MR) is 117 cm³/mol. The zero-order chi connectivity index (χ0) is 22.9. The zero-order valence-electron chi connectivity index (χ0n) is 17.5. The first-order valence-electron chi connectivity index (χ1n) is 9.94. The molecule has 1 saturated heterocycles. The maximum atomic E-state index is 13.0. The maximum absolute atomic E-state index is 13.0. The van der Waals surface area contributed by atoms with Crippen LogP contribution in [0.15, 0.2) is 54.6 Å². The minimum Gasteiger partial charge on any atom is -0.471 e. The fourth-order valence-electron chi connectivity index (χ4n) is 3.11. The van der Waals surface area contributed by atoms with Crippen molar-refractivity contribution in [1.29, 1.82) is 0 Å². The highest BCUT2D eigenvalue weighted by atomic mass is 19.1. The molecule has 3 aromatic rings. The highest BCUT2D eigenvalue weighted by molar-refractivity contribution is 5.92. The van der Waals surface area contributed by atoms with Gasteiger partial charge in [-0.1, -0.05) is 0 Å². The van der Waals surface area contributed by atoms with Crippen LogP contribution in [0.25, 0.3) is 11.4 Å². The Balaban J connectivity index is 0.000000668. The molecule has 2 N–H and O–H groups in total. The third-order valence-electron chi connectivity index (χ3n) is 4.65. The molecule has 0 unspecified atom stereocenters. The number of nitrogens with zero attached hydrogens (tertiary/aromatic N) is 3. The van der Waals surface area contributed by atoms with Crippen molar-refractivity contribution >= 4 is 18.2 Å². The van der Waals surface area contributed by atoms with Gasteiger partial charge in [0, 0.05) is 24.7 Å². The van der Waals surface area contributed by atoms with Gasteiger partial charge in [-0.2, -0.15) is 0 Å². The van der Waals surface area contributed by atoms with Crippen molar-refractivity contribution in [3.05, 3.63) is 66.1 Å². The van der Waals surface area contributed by atoms with Crippen LogP contribution in [0.1, 0.15) is 23.3 Å².